The molecule has 0 unspecified atom stereocenters. The number of nitrogens with zero attached hydrogens (tertiary/aromatic N) is 3. The third-order valence-electron chi connectivity index (χ3n) is 5.47. The normalized spacial score (nSPS) is 10.4. The lowest BCUT2D eigenvalue weighted by atomic mass is 10.1. The summed E-state index contributed by atoms with van der Waals surface area (Å²) >= 11 is 0. The molecule has 0 N–H and O–H groups in total. The average molecular weight is 482 g/mol. The highest BCUT2D eigenvalue weighted by molar-refractivity contribution is 5.94. The third kappa shape index (κ3) is 5.83. The van der Waals surface area contributed by atoms with Gasteiger partial charge in [0.1, 0.15) is 18.1 Å². The van der Waals surface area contributed by atoms with E-state index in [4.69, 9.17) is 9.84 Å². The van der Waals surface area contributed by atoms with Crippen molar-refractivity contribution in [3.05, 3.63) is 133 Å². The Morgan fingerprint density at radius 1 is 0.829 bits per heavy atom. The maximum absolute atomic E-state index is 12.7. The number of hydrogen-bond acceptors (Lipinski definition) is 3. The van der Waals surface area contributed by atoms with Crippen LogP contribution in [0.1, 0.15) is 16.1 Å². The molecular formula is C29H24ClN3O2. The van der Waals surface area contributed by atoms with Crippen LogP contribution < -0.4 is 21.7 Å². The van der Waals surface area contributed by atoms with Crippen molar-refractivity contribution in [1.82, 2.24) is 9.78 Å². The summed E-state index contributed by atoms with van der Waals surface area (Å²) in [4.78, 5) is 12.7. The van der Waals surface area contributed by atoms with Gasteiger partial charge in [-0.15, -0.1) is 0 Å². The maximum Gasteiger partial charge on any atom is 0.227 e. The zero-order chi connectivity index (χ0) is 23.2. The molecular weight excluding hydrogens is 458 g/mol. The molecule has 0 aliphatic carbocycles. The van der Waals surface area contributed by atoms with Crippen molar-refractivity contribution in [3.63, 3.8) is 0 Å². The maximum atomic E-state index is 12.7. The molecule has 6 heteroatoms. The predicted molar refractivity (Wildman–Crippen MR) is 131 cm³/mol. The van der Waals surface area contributed by atoms with Gasteiger partial charge in [0, 0.05) is 11.6 Å². The Morgan fingerprint density at radius 3 is 2.20 bits per heavy atom. The molecule has 3 aromatic carbocycles. The molecule has 0 radical (unpaired) electrons. The Balaban J connectivity index is 0.00000289. The number of Topliss-reactive ketones (excluding diaryl/α,β-unsaturated/α-hetero) is 1. The largest absolute Gasteiger partial charge is 1.00 e. The van der Waals surface area contributed by atoms with E-state index in [-0.39, 0.29) is 24.7 Å². The van der Waals surface area contributed by atoms with Crippen LogP contribution in [-0.2, 0) is 13.2 Å². The summed E-state index contributed by atoms with van der Waals surface area (Å²) in [6.07, 6.45) is 3.89. The van der Waals surface area contributed by atoms with Crippen molar-refractivity contribution in [2.75, 3.05) is 0 Å². The molecule has 0 spiro atoms. The van der Waals surface area contributed by atoms with Crippen LogP contribution in [0.25, 0.3) is 16.9 Å². The number of hydrogen-bond donors (Lipinski definition) is 0. The number of benzene rings is 3. The molecule has 2 heterocycles. The Bertz CT molecular complexity index is 1390. The van der Waals surface area contributed by atoms with E-state index in [1.807, 2.05) is 131 Å². The van der Waals surface area contributed by atoms with Gasteiger partial charge in [-0.05, 0) is 36.4 Å². The first-order valence-electron chi connectivity index (χ1n) is 11.2. The Hall–Kier alpha value is -4.22. The predicted octanol–water partition coefficient (Wildman–Crippen LogP) is 2.29. The number of carbonyl (C=O) groups excluding carboxylic acids is 1. The summed E-state index contributed by atoms with van der Waals surface area (Å²) in [7, 11) is 0. The second-order valence-electron chi connectivity index (χ2n) is 7.92. The lowest BCUT2D eigenvalue weighted by molar-refractivity contribution is -0.682. The first-order valence-corrected chi connectivity index (χ1v) is 11.2. The van der Waals surface area contributed by atoms with Gasteiger partial charge in [-0.25, -0.2) is 4.68 Å². The molecule has 0 aliphatic rings. The molecule has 0 bridgehead atoms. The van der Waals surface area contributed by atoms with Gasteiger partial charge in [0.25, 0.3) is 0 Å². The highest BCUT2D eigenvalue weighted by Crippen LogP contribution is 2.24. The van der Waals surface area contributed by atoms with Crippen molar-refractivity contribution in [2.24, 2.45) is 0 Å². The van der Waals surface area contributed by atoms with Gasteiger partial charge in [0.15, 0.2) is 12.4 Å². The molecule has 0 atom stereocenters. The fourth-order valence-corrected chi connectivity index (χ4v) is 3.80. The van der Waals surface area contributed by atoms with Gasteiger partial charge in [0.2, 0.25) is 12.3 Å². The number of carbonyl (C=O) groups is 1. The van der Waals surface area contributed by atoms with Crippen molar-refractivity contribution < 1.29 is 26.5 Å². The number of pyridine rings is 1. The second kappa shape index (κ2) is 11.3. The van der Waals surface area contributed by atoms with E-state index in [2.05, 4.69) is 0 Å². The average Bonchev–Trinajstić information content (AvgIpc) is 3.34. The summed E-state index contributed by atoms with van der Waals surface area (Å²) < 4.78 is 9.76. The van der Waals surface area contributed by atoms with Crippen LogP contribution in [0.2, 0.25) is 0 Å². The molecule has 35 heavy (non-hydrogen) atoms. The van der Waals surface area contributed by atoms with Crippen molar-refractivity contribution in [3.8, 4) is 22.7 Å². The Morgan fingerprint density at radius 2 is 1.49 bits per heavy atom. The van der Waals surface area contributed by atoms with E-state index >= 15 is 0 Å². The topological polar surface area (TPSA) is 48.0 Å². The van der Waals surface area contributed by atoms with Crippen LogP contribution in [0.15, 0.2) is 122 Å². The van der Waals surface area contributed by atoms with Gasteiger partial charge in [-0.3, -0.25) is 4.79 Å². The summed E-state index contributed by atoms with van der Waals surface area (Å²) in [5.41, 5.74) is 4.37. The molecule has 5 aromatic rings. The minimum atomic E-state index is 0. The van der Waals surface area contributed by atoms with E-state index in [0.29, 0.717) is 12.2 Å². The van der Waals surface area contributed by atoms with E-state index in [1.54, 1.807) is 0 Å². The summed E-state index contributed by atoms with van der Waals surface area (Å²) in [6.45, 7) is 0.622. The SMILES string of the molecule is O=C(C[n+]1cccc(-c2cc(COc3ccccc3)nn2-c2ccccc2)c1)c1ccccc1.[Cl-]. The van der Waals surface area contributed by atoms with E-state index < -0.39 is 0 Å². The minimum absolute atomic E-state index is 0. The van der Waals surface area contributed by atoms with Gasteiger partial charge in [0.05, 0.1) is 16.9 Å². The van der Waals surface area contributed by atoms with Crippen molar-refractivity contribution in [1.29, 1.82) is 0 Å². The zero-order valence-electron chi connectivity index (χ0n) is 19.0. The number of ketones is 1. The number of aromatic nitrogens is 3. The van der Waals surface area contributed by atoms with Crippen LogP contribution in [-0.4, -0.2) is 15.6 Å². The van der Waals surface area contributed by atoms with E-state index in [0.717, 1.165) is 28.4 Å². The first kappa shape index (κ1) is 23.9. The van der Waals surface area contributed by atoms with Crippen LogP contribution in [0.5, 0.6) is 5.75 Å². The minimum Gasteiger partial charge on any atom is -1.00 e. The van der Waals surface area contributed by atoms with Gasteiger partial charge in [-0.2, -0.15) is 9.67 Å². The molecule has 2 aromatic heterocycles. The molecule has 0 saturated heterocycles. The number of ether oxygens (including phenoxy) is 1. The Labute approximate surface area is 210 Å². The Kier molecular flexibility index (Phi) is 7.70. The smallest absolute Gasteiger partial charge is 0.227 e. The van der Waals surface area contributed by atoms with Gasteiger partial charge < -0.3 is 17.1 Å². The molecule has 174 valence electrons. The van der Waals surface area contributed by atoms with E-state index in [9.17, 15) is 4.79 Å². The molecule has 5 rings (SSSR count). The molecule has 0 amide bonds. The standard InChI is InChI=1S/C29H24N3O2.ClH/c33-29(23-11-4-1-5-12-23)21-31-18-10-13-24(20-31)28-19-25(22-34-27-16-8-3-9-17-27)30-32(28)26-14-6-2-7-15-26;/h1-20H,21-22H2;1H/q+1;/p-1. The van der Waals surface area contributed by atoms with Crippen LogP contribution in [0, 0.1) is 0 Å². The highest BCUT2D eigenvalue weighted by Gasteiger charge is 2.17. The van der Waals surface area contributed by atoms with E-state index in [1.165, 1.54) is 0 Å². The fraction of sp³-hybridized carbons (Fsp3) is 0.0690. The number of halogens is 1. The monoisotopic (exact) mass is 481 g/mol. The van der Waals surface area contributed by atoms with Crippen molar-refractivity contribution in [2.45, 2.75) is 13.2 Å². The third-order valence-corrected chi connectivity index (χ3v) is 5.47. The highest BCUT2D eigenvalue weighted by atomic mass is 35.5. The van der Waals surface area contributed by atoms with Gasteiger partial charge >= 0.3 is 0 Å². The quantitative estimate of drug-likeness (QED) is 0.252. The second-order valence-corrected chi connectivity index (χ2v) is 7.92. The van der Waals surface area contributed by atoms with Crippen LogP contribution in [0.4, 0.5) is 0 Å². The van der Waals surface area contributed by atoms with Crippen LogP contribution in [0.3, 0.4) is 0 Å². The van der Waals surface area contributed by atoms with Crippen LogP contribution >= 0.6 is 0 Å². The lowest BCUT2D eigenvalue weighted by Crippen LogP contribution is -3.00. The van der Waals surface area contributed by atoms with Crippen molar-refractivity contribution >= 4 is 5.78 Å². The number of rotatable bonds is 8. The molecule has 5 nitrogen and oxygen atoms in total. The summed E-state index contributed by atoms with van der Waals surface area (Å²) in [6, 6.07) is 35.1. The summed E-state index contributed by atoms with van der Waals surface area (Å²) in [5.74, 6) is 0.867. The molecule has 0 fully saturated rings. The zero-order valence-corrected chi connectivity index (χ0v) is 19.8. The lowest BCUT2D eigenvalue weighted by Gasteiger charge is -2.07. The van der Waals surface area contributed by atoms with Gasteiger partial charge in [-0.1, -0.05) is 66.7 Å². The first-order chi connectivity index (χ1) is 16.8. The molecule has 0 saturated carbocycles. The fourth-order valence-electron chi connectivity index (χ4n) is 3.80. The number of para-hydroxylation sites is 2. The molecule has 0 aliphatic heterocycles. The summed E-state index contributed by atoms with van der Waals surface area (Å²) in [5, 5.41) is 4.83.